The van der Waals surface area contributed by atoms with Crippen molar-refractivity contribution in [1.29, 1.82) is 0 Å². The fourth-order valence-corrected chi connectivity index (χ4v) is 3.47. The zero-order chi connectivity index (χ0) is 17.1. The van der Waals surface area contributed by atoms with Gasteiger partial charge in [-0.15, -0.1) is 11.3 Å². The number of carbonyl (C=O) groups excluding carboxylic acids is 2. The molecular weight excluding hydrogens is 326 g/mol. The van der Waals surface area contributed by atoms with Gasteiger partial charge in [0.25, 0.3) is 5.91 Å². The lowest BCUT2D eigenvalue weighted by Gasteiger charge is -2.34. The summed E-state index contributed by atoms with van der Waals surface area (Å²) in [4.78, 5) is 32.7. The van der Waals surface area contributed by atoms with Crippen LogP contribution in [-0.4, -0.2) is 52.8 Å². The number of furan rings is 1. The number of hydrogen-bond donors (Lipinski definition) is 0. The van der Waals surface area contributed by atoms with Gasteiger partial charge in [0.05, 0.1) is 17.1 Å². The molecule has 0 saturated carbocycles. The summed E-state index contributed by atoms with van der Waals surface area (Å²) in [6.07, 6.45) is 1.23. The van der Waals surface area contributed by atoms with E-state index in [0.29, 0.717) is 38.4 Å². The molecule has 3 heterocycles. The molecule has 7 heteroatoms. The second-order valence-corrected chi connectivity index (χ2v) is 6.79. The Balaban J connectivity index is 1.52. The van der Waals surface area contributed by atoms with E-state index in [1.807, 2.05) is 17.2 Å². The minimum atomic E-state index is -0.109. The van der Waals surface area contributed by atoms with E-state index in [1.54, 1.807) is 28.4 Å². The van der Waals surface area contributed by atoms with Gasteiger partial charge in [-0.3, -0.25) is 9.59 Å². The van der Waals surface area contributed by atoms with Crippen LogP contribution in [0.15, 0.2) is 21.9 Å². The molecule has 0 atom stereocenters. The van der Waals surface area contributed by atoms with Crippen LogP contribution >= 0.6 is 11.3 Å². The number of nitrogens with zero attached hydrogens (tertiary/aromatic N) is 3. The molecule has 3 rings (SSSR count). The van der Waals surface area contributed by atoms with E-state index in [9.17, 15) is 9.59 Å². The summed E-state index contributed by atoms with van der Waals surface area (Å²) < 4.78 is 5.39. The molecule has 0 aromatic carbocycles. The van der Waals surface area contributed by atoms with E-state index >= 15 is 0 Å². The van der Waals surface area contributed by atoms with Crippen LogP contribution in [0.4, 0.5) is 0 Å². The zero-order valence-corrected chi connectivity index (χ0v) is 14.8. The Morgan fingerprint density at radius 2 is 1.92 bits per heavy atom. The highest BCUT2D eigenvalue weighted by Gasteiger charge is 2.26. The smallest absolute Gasteiger partial charge is 0.289 e. The fourth-order valence-electron chi connectivity index (χ4n) is 2.72. The average Bonchev–Trinajstić information content (AvgIpc) is 3.23. The van der Waals surface area contributed by atoms with Crippen molar-refractivity contribution in [2.45, 2.75) is 26.7 Å². The summed E-state index contributed by atoms with van der Waals surface area (Å²) in [5.74, 6) is 1.05. The number of aryl methyl sites for hydroxylation is 2. The molecule has 24 heavy (non-hydrogen) atoms. The Bertz CT molecular complexity index is 729. The standard InChI is InChI=1S/C17H21N3O3S/c1-3-15-18-13(11-24-15)10-16(21)19-6-8-20(9-7-19)17(22)14-5-4-12(2)23-14/h4-5,11H,3,6-10H2,1-2H3. The number of aromatic nitrogens is 1. The molecule has 0 unspecified atom stereocenters. The van der Waals surface area contributed by atoms with Gasteiger partial charge in [-0.1, -0.05) is 6.92 Å². The lowest BCUT2D eigenvalue weighted by atomic mass is 10.2. The Hall–Kier alpha value is -2.15. The molecule has 128 valence electrons. The van der Waals surface area contributed by atoms with Gasteiger partial charge >= 0.3 is 0 Å². The lowest BCUT2D eigenvalue weighted by Crippen LogP contribution is -2.51. The SMILES string of the molecule is CCc1nc(CC(=O)N2CCN(C(=O)c3ccc(C)o3)CC2)cs1. The Kier molecular flexibility index (Phi) is 4.99. The van der Waals surface area contributed by atoms with E-state index < -0.39 is 0 Å². The monoisotopic (exact) mass is 347 g/mol. The predicted molar refractivity (Wildman–Crippen MR) is 91.1 cm³/mol. The predicted octanol–water partition coefficient (Wildman–Crippen LogP) is 2.13. The number of carbonyl (C=O) groups is 2. The number of thiazole rings is 1. The first kappa shape index (κ1) is 16.7. The molecule has 0 aliphatic carbocycles. The summed E-state index contributed by atoms with van der Waals surface area (Å²) in [6.45, 7) is 6.03. The lowest BCUT2D eigenvalue weighted by molar-refractivity contribution is -0.132. The maximum atomic E-state index is 12.4. The third-order valence-corrected chi connectivity index (χ3v) is 5.15. The average molecular weight is 347 g/mol. The summed E-state index contributed by atoms with van der Waals surface area (Å²) in [5, 5.41) is 3.01. The maximum absolute atomic E-state index is 12.4. The Morgan fingerprint density at radius 3 is 2.50 bits per heavy atom. The summed E-state index contributed by atoms with van der Waals surface area (Å²) in [5.41, 5.74) is 0.839. The van der Waals surface area contributed by atoms with E-state index in [4.69, 9.17) is 4.42 Å². The van der Waals surface area contributed by atoms with Crippen LogP contribution < -0.4 is 0 Å². The van der Waals surface area contributed by atoms with Crippen LogP contribution in [0.2, 0.25) is 0 Å². The Morgan fingerprint density at radius 1 is 1.21 bits per heavy atom. The van der Waals surface area contributed by atoms with E-state index in [2.05, 4.69) is 11.9 Å². The molecule has 1 fully saturated rings. The van der Waals surface area contributed by atoms with E-state index in [0.717, 1.165) is 22.9 Å². The largest absolute Gasteiger partial charge is 0.456 e. The van der Waals surface area contributed by atoms with Gasteiger partial charge in [0.1, 0.15) is 5.76 Å². The van der Waals surface area contributed by atoms with Crippen LogP contribution in [-0.2, 0) is 17.6 Å². The van der Waals surface area contributed by atoms with Crippen LogP contribution in [0.3, 0.4) is 0 Å². The minimum Gasteiger partial charge on any atom is -0.456 e. The van der Waals surface area contributed by atoms with Crippen molar-refractivity contribution in [1.82, 2.24) is 14.8 Å². The first-order chi connectivity index (χ1) is 11.6. The van der Waals surface area contributed by atoms with Crippen LogP contribution in [0, 0.1) is 6.92 Å². The van der Waals surface area contributed by atoms with Crippen molar-refractivity contribution in [2.24, 2.45) is 0 Å². The van der Waals surface area contributed by atoms with Gasteiger partial charge in [-0.25, -0.2) is 4.98 Å². The third-order valence-electron chi connectivity index (χ3n) is 4.10. The highest BCUT2D eigenvalue weighted by Crippen LogP contribution is 2.14. The molecule has 0 spiro atoms. The fraction of sp³-hybridized carbons (Fsp3) is 0.471. The highest BCUT2D eigenvalue weighted by atomic mass is 32.1. The molecule has 1 aliphatic heterocycles. The van der Waals surface area contributed by atoms with Gasteiger partial charge in [0.15, 0.2) is 5.76 Å². The van der Waals surface area contributed by atoms with E-state index in [1.165, 1.54) is 0 Å². The van der Waals surface area contributed by atoms with Crippen molar-refractivity contribution >= 4 is 23.2 Å². The van der Waals surface area contributed by atoms with Gasteiger partial charge in [0.2, 0.25) is 5.91 Å². The topological polar surface area (TPSA) is 66.7 Å². The molecule has 2 amide bonds. The van der Waals surface area contributed by atoms with Gasteiger partial charge in [-0.2, -0.15) is 0 Å². The maximum Gasteiger partial charge on any atom is 0.289 e. The van der Waals surface area contributed by atoms with Gasteiger partial charge in [0, 0.05) is 31.6 Å². The third kappa shape index (κ3) is 3.67. The molecule has 2 aromatic rings. The number of amides is 2. The minimum absolute atomic E-state index is 0.0731. The van der Waals surface area contributed by atoms with Crippen LogP contribution in [0.5, 0.6) is 0 Å². The Labute approximate surface area is 145 Å². The zero-order valence-electron chi connectivity index (χ0n) is 13.9. The van der Waals surface area contributed by atoms with Crippen molar-refractivity contribution < 1.29 is 14.0 Å². The number of rotatable bonds is 4. The van der Waals surface area contributed by atoms with Crippen LogP contribution in [0.25, 0.3) is 0 Å². The first-order valence-electron chi connectivity index (χ1n) is 8.13. The molecule has 6 nitrogen and oxygen atoms in total. The van der Waals surface area contributed by atoms with E-state index in [-0.39, 0.29) is 11.8 Å². The second-order valence-electron chi connectivity index (χ2n) is 5.85. The molecule has 0 N–H and O–H groups in total. The normalized spacial score (nSPS) is 14.9. The second kappa shape index (κ2) is 7.17. The molecule has 2 aromatic heterocycles. The molecular formula is C17H21N3O3S. The summed E-state index contributed by atoms with van der Waals surface area (Å²) >= 11 is 1.60. The van der Waals surface area contributed by atoms with Crippen molar-refractivity contribution in [2.75, 3.05) is 26.2 Å². The quantitative estimate of drug-likeness (QED) is 0.850. The molecule has 0 radical (unpaired) electrons. The van der Waals surface area contributed by atoms with Gasteiger partial charge < -0.3 is 14.2 Å². The van der Waals surface area contributed by atoms with Gasteiger partial charge in [-0.05, 0) is 25.5 Å². The summed E-state index contributed by atoms with van der Waals surface area (Å²) in [6, 6.07) is 3.48. The number of piperazine rings is 1. The van der Waals surface area contributed by atoms with Crippen molar-refractivity contribution in [3.8, 4) is 0 Å². The molecule has 0 bridgehead atoms. The van der Waals surface area contributed by atoms with Crippen molar-refractivity contribution in [3.05, 3.63) is 39.7 Å². The first-order valence-corrected chi connectivity index (χ1v) is 9.01. The van der Waals surface area contributed by atoms with Crippen LogP contribution in [0.1, 0.15) is 33.9 Å². The number of hydrogen-bond acceptors (Lipinski definition) is 5. The van der Waals surface area contributed by atoms with Crippen molar-refractivity contribution in [3.63, 3.8) is 0 Å². The highest BCUT2D eigenvalue weighted by molar-refractivity contribution is 7.09. The summed E-state index contributed by atoms with van der Waals surface area (Å²) in [7, 11) is 0. The molecule has 1 aliphatic rings. The molecule has 1 saturated heterocycles.